The van der Waals surface area contributed by atoms with Crippen LogP contribution in [0.2, 0.25) is 0 Å². The molecule has 2 rings (SSSR count). The van der Waals surface area contributed by atoms with Gasteiger partial charge in [-0.1, -0.05) is 18.2 Å². The van der Waals surface area contributed by atoms with Gasteiger partial charge in [0.1, 0.15) is 5.75 Å². The average Bonchev–Trinajstić information content (AvgIpc) is 2.96. The van der Waals surface area contributed by atoms with E-state index in [0.717, 1.165) is 37.2 Å². The smallest absolute Gasteiger partial charge is 0.222 e. The Kier molecular flexibility index (Phi) is 6.91. The number of benzene rings is 1. The molecule has 0 saturated carbocycles. The van der Waals surface area contributed by atoms with Gasteiger partial charge in [-0.3, -0.25) is 9.59 Å². The van der Waals surface area contributed by atoms with Gasteiger partial charge in [-0.2, -0.15) is 0 Å². The summed E-state index contributed by atoms with van der Waals surface area (Å²) in [4.78, 5) is 25.3. The Morgan fingerprint density at radius 3 is 2.91 bits per heavy atom. The maximum absolute atomic E-state index is 11.9. The van der Waals surface area contributed by atoms with E-state index in [4.69, 9.17) is 4.74 Å². The van der Waals surface area contributed by atoms with Crippen LogP contribution < -0.4 is 10.1 Å². The second kappa shape index (κ2) is 9.18. The predicted octanol–water partition coefficient (Wildman–Crippen LogP) is 2.15. The summed E-state index contributed by atoms with van der Waals surface area (Å²) in [7, 11) is 0. The van der Waals surface area contributed by atoms with E-state index in [1.165, 1.54) is 0 Å². The molecule has 0 aromatic heterocycles. The number of nitrogens with one attached hydrogen (secondary N) is 1. The molecule has 0 unspecified atom stereocenters. The number of rotatable bonds is 9. The Bertz CT molecular complexity index is 531. The predicted molar refractivity (Wildman–Crippen MR) is 89.4 cm³/mol. The molecule has 0 radical (unpaired) electrons. The third kappa shape index (κ3) is 5.58. The van der Waals surface area contributed by atoms with E-state index in [2.05, 4.69) is 5.32 Å². The van der Waals surface area contributed by atoms with Gasteiger partial charge in [0.25, 0.3) is 0 Å². The van der Waals surface area contributed by atoms with Crippen molar-refractivity contribution in [2.24, 2.45) is 0 Å². The third-order valence-corrected chi connectivity index (χ3v) is 3.99. The van der Waals surface area contributed by atoms with Crippen molar-refractivity contribution in [3.63, 3.8) is 0 Å². The Labute approximate surface area is 138 Å². The number of amides is 2. The Morgan fingerprint density at radius 1 is 1.35 bits per heavy atom. The molecule has 5 nitrogen and oxygen atoms in total. The summed E-state index contributed by atoms with van der Waals surface area (Å²) in [5.41, 5.74) is 1.06. The molecule has 2 amide bonds. The molecule has 1 aromatic carbocycles. The Balaban J connectivity index is 1.64. The highest BCUT2D eigenvalue weighted by atomic mass is 16.5. The molecule has 0 spiro atoms. The molecule has 1 N–H and O–H groups in total. The zero-order valence-corrected chi connectivity index (χ0v) is 13.8. The maximum atomic E-state index is 11.9. The number of aryl methyl sites for hydroxylation is 1. The number of carbonyl (C=O) groups is 2. The summed E-state index contributed by atoms with van der Waals surface area (Å²) >= 11 is 0. The van der Waals surface area contributed by atoms with Gasteiger partial charge < -0.3 is 15.0 Å². The lowest BCUT2D eigenvalue weighted by molar-refractivity contribution is -0.127. The number of para-hydroxylation sites is 1. The summed E-state index contributed by atoms with van der Waals surface area (Å²) < 4.78 is 5.57. The summed E-state index contributed by atoms with van der Waals surface area (Å²) in [6, 6.07) is 7.83. The van der Waals surface area contributed by atoms with Crippen molar-refractivity contribution in [3.8, 4) is 5.75 Å². The normalized spacial score (nSPS) is 14.1. The molecular weight excluding hydrogens is 292 g/mol. The molecule has 0 atom stereocenters. The van der Waals surface area contributed by atoms with Crippen LogP contribution >= 0.6 is 0 Å². The van der Waals surface area contributed by atoms with Crippen LogP contribution in [-0.4, -0.2) is 43.0 Å². The fraction of sp³-hybridized carbons (Fsp3) is 0.556. The van der Waals surface area contributed by atoms with Crippen molar-refractivity contribution in [1.82, 2.24) is 10.2 Å². The summed E-state index contributed by atoms with van der Waals surface area (Å²) in [6.45, 7) is 4.80. The van der Waals surface area contributed by atoms with E-state index in [1.807, 2.05) is 36.1 Å². The topological polar surface area (TPSA) is 58.6 Å². The minimum atomic E-state index is 0.0454. The summed E-state index contributed by atoms with van der Waals surface area (Å²) in [5, 5.41) is 2.93. The van der Waals surface area contributed by atoms with Crippen LogP contribution in [0.25, 0.3) is 0 Å². The lowest BCUT2D eigenvalue weighted by Crippen LogP contribution is -2.30. The number of nitrogens with zero attached hydrogens (tertiary/aromatic N) is 1. The van der Waals surface area contributed by atoms with Crippen molar-refractivity contribution in [1.29, 1.82) is 0 Å². The molecule has 5 heteroatoms. The van der Waals surface area contributed by atoms with Gasteiger partial charge in [0.15, 0.2) is 0 Å². The first-order chi connectivity index (χ1) is 11.2. The van der Waals surface area contributed by atoms with Gasteiger partial charge >= 0.3 is 0 Å². The molecule has 1 fully saturated rings. The van der Waals surface area contributed by atoms with Gasteiger partial charge in [0, 0.05) is 32.5 Å². The van der Waals surface area contributed by atoms with E-state index in [0.29, 0.717) is 32.4 Å². The van der Waals surface area contributed by atoms with Gasteiger partial charge in [0.2, 0.25) is 11.8 Å². The monoisotopic (exact) mass is 318 g/mol. The fourth-order valence-electron chi connectivity index (χ4n) is 2.78. The fourth-order valence-corrected chi connectivity index (χ4v) is 2.78. The lowest BCUT2D eigenvalue weighted by atomic mass is 10.1. The second-order valence-electron chi connectivity index (χ2n) is 5.73. The van der Waals surface area contributed by atoms with Crippen LogP contribution in [0.3, 0.4) is 0 Å². The highest BCUT2D eigenvalue weighted by molar-refractivity contribution is 5.78. The Morgan fingerprint density at radius 2 is 2.17 bits per heavy atom. The van der Waals surface area contributed by atoms with Gasteiger partial charge in [-0.05, 0) is 37.8 Å². The average molecular weight is 318 g/mol. The second-order valence-corrected chi connectivity index (χ2v) is 5.73. The Hall–Kier alpha value is -2.04. The van der Waals surface area contributed by atoms with Crippen molar-refractivity contribution in [2.45, 2.75) is 39.0 Å². The maximum Gasteiger partial charge on any atom is 0.222 e. The van der Waals surface area contributed by atoms with E-state index in [1.54, 1.807) is 0 Å². The number of carbonyl (C=O) groups excluding carboxylic acids is 2. The summed E-state index contributed by atoms with van der Waals surface area (Å²) in [5.74, 6) is 1.14. The van der Waals surface area contributed by atoms with E-state index >= 15 is 0 Å². The van der Waals surface area contributed by atoms with Crippen LogP contribution in [0.1, 0.15) is 38.2 Å². The van der Waals surface area contributed by atoms with Gasteiger partial charge in [-0.25, -0.2) is 0 Å². The quantitative estimate of drug-likeness (QED) is 0.710. The van der Waals surface area contributed by atoms with E-state index < -0.39 is 0 Å². The van der Waals surface area contributed by atoms with Crippen molar-refractivity contribution >= 4 is 11.8 Å². The van der Waals surface area contributed by atoms with Gasteiger partial charge in [0.05, 0.1) is 6.61 Å². The zero-order chi connectivity index (χ0) is 16.5. The minimum absolute atomic E-state index is 0.0454. The molecule has 1 heterocycles. The number of hydrogen-bond acceptors (Lipinski definition) is 3. The first-order valence-corrected chi connectivity index (χ1v) is 8.46. The van der Waals surface area contributed by atoms with Crippen molar-refractivity contribution in [2.75, 3.05) is 26.2 Å². The molecule has 0 aliphatic carbocycles. The first kappa shape index (κ1) is 17.3. The standard InChI is InChI=1S/C18H26N2O3/c1-2-23-16-8-4-3-7-15(16)10-11-17(21)19-12-6-14-20-13-5-9-18(20)22/h3-4,7-8H,2,5-6,9-14H2,1H3,(H,19,21). The largest absolute Gasteiger partial charge is 0.494 e. The molecule has 0 bridgehead atoms. The van der Waals surface area contributed by atoms with Crippen LogP contribution in [0, 0.1) is 0 Å². The van der Waals surface area contributed by atoms with Crippen molar-refractivity contribution < 1.29 is 14.3 Å². The highest BCUT2D eigenvalue weighted by Gasteiger charge is 2.19. The van der Waals surface area contributed by atoms with Crippen LogP contribution in [0.5, 0.6) is 5.75 Å². The number of hydrogen-bond donors (Lipinski definition) is 1. The molecule has 1 aliphatic rings. The van der Waals surface area contributed by atoms with Crippen LogP contribution in [0.4, 0.5) is 0 Å². The third-order valence-electron chi connectivity index (χ3n) is 3.99. The van der Waals surface area contributed by atoms with Crippen LogP contribution in [0.15, 0.2) is 24.3 Å². The molecule has 126 valence electrons. The van der Waals surface area contributed by atoms with Gasteiger partial charge in [-0.15, -0.1) is 0 Å². The molecule has 1 saturated heterocycles. The number of ether oxygens (including phenoxy) is 1. The van der Waals surface area contributed by atoms with E-state index in [9.17, 15) is 9.59 Å². The van der Waals surface area contributed by atoms with Crippen molar-refractivity contribution in [3.05, 3.63) is 29.8 Å². The molecule has 1 aromatic rings. The van der Waals surface area contributed by atoms with E-state index in [-0.39, 0.29) is 11.8 Å². The first-order valence-electron chi connectivity index (χ1n) is 8.46. The zero-order valence-electron chi connectivity index (χ0n) is 13.8. The SMILES string of the molecule is CCOc1ccccc1CCC(=O)NCCCN1CCCC1=O. The molecular formula is C18H26N2O3. The summed E-state index contributed by atoms with van der Waals surface area (Å²) in [6.07, 6.45) is 3.57. The molecule has 23 heavy (non-hydrogen) atoms. The lowest BCUT2D eigenvalue weighted by Gasteiger charge is -2.15. The number of likely N-dealkylation sites (tertiary alicyclic amines) is 1. The highest BCUT2D eigenvalue weighted by Crippen LogP contribution is 2.19. The minimum Gasteiger partial charge on any atom is -0.494 e. The molecule has 1 aliphatic heterocycles. The van der Waals surface area contributed by atoms with Crippen LogP contribution in [-0.2, 0) is 16.0 Å².